The summed E-state index contributed by atoms with van der Waals surface area (Å²) < 4.78 is 1.86. The molecule has 2 rings (SSSR count). The molecule has 4 heteroatoms. The number of hydrogen-bond acceptors (Lipinski definition) is 2. The first-order valence-electron chi connectivity index (χ1n) is 6.07. The minimum Gasteiger partial charge on any atom is -0.478 e. The molecular formula is C14H16N2O2. The molecule has 94 valence electrons. The van der Waals surface area contributed by atoms with Gasteiger partial charge in [0.2, 0.25) is 0 Å². The number of carboxylic acids is 1. The van der Waals surface area contributed by atoms with Crippen LogP contribution >= 0.6 is 0 Å². The molecule has 0 aliphatic carbocycles. The number of carbonyl (C=O) groups is 1. The highest BCUT2D eigenvalue weighted by Gasteiger charge is 2.11. The van der Waals surface area contributed by atoms with Crippen LogP contribution in [0, 0.1) is 0 Å². The predicted octanol–water partition coefficient (Wildman–Crippen LogP) is 3.05. The van der Waals surface area contributed by atoms with Crippen molar-refractivity contribution in [3.63, 3.8) is 0 Å². The van der Waals surface area contributed by atoms with E-state index in [4.69, 9.17) is 5.11 Å². The maximum atomic E-state index is 11.1. The molecular weight excluding hydrogens is 228 g/mol. The number of nitrogens with zero attached hydrogens (tertiary/aromatic N) is 2. The van der Waals surface area contributed by atoms with Gasteiger partial charge in [-0.15, -0.1) is 0 Å². The Hall–Kier alpha value is -2.10. The smallest absolute Gasteiger partial charge is 0.336 e. The molecule has 0 saturated heterocycles. The zero-order valence-electron chi connectivity index (χ0n) is 10.3. The average Bonchev–Trinajstić information content (AvgIpc) is 2.85. The van der Waals surface area contributed by atoms with Crippen LogP contribution in [0.15, 0.2) is 36.7 Å². The van der Waals surface area contributed by atoms with Crippen molar-refractivity contribution in [2.45, 2.75) is 26.3 Å². The highest BCUT2D eigenvalue weighted by molar-refractivity contribution is 5.95. The zero-order chi connectivity index (χ0) is 13.0. The number of aromatic nitrogens is 2. The molecule has 0 aliphatic rings. The normalized spacial score (nSPS) is 10.5. The lowest BCUT2D eigenvalue weighted by Crippen LogP contribution is -1.99. The van der Waals surface area contributed by atoms with Crippen molar-refractivity contribution >= 4 is 5.97 Å². The van der Waals surface area contributed by atoms with Crippen LogP contribution < -0.4 is 0 Å². The summed E-state index contributed by atoms with van der Waals surface area (Å²) in [4.78, 5) is 11.1. The van der Waals surface area contributed by atoms with Crippen molar-refractivity contribution in [3.8, 4) is 11.1 Å². The topological polar surface area (TPSA) is 55.1 Å². The fourth-order valence-electron chi connectivity index (χ4n) is 1.87. The first-order chi connectivity index (χ1) is 8.72. The van der Waals surface area contributed by atoms with E-state index in [0.29, 0.717) is 11.1 Å². The summed E-state index contributed by atoms with van der Waals surface area (Å²) in [7, 11) is 0. The highest BCUT2D eigenvalue weighted by atomic mass is 16.4. The van der Waals surface area contributed by atoms with E-state index in [1.54, 1.807) is 18.3 Å². The Morgan fingerprint density at radius 1 is 1.39 bits per heavy atom. The SMILES string of the molecule is CCCCn1cc(-c2ccccc2C(=O)O)cn1. The quantitative estimate of drug-likeness (QED) is 0.879. The predicted molar refractivity (Wildman–Crippen MR) is 69.5 cm³/mol. The molecule has 0 bridgehead atoms. The Balaban J connectivity index is 2.31. The number of carboxylic acid groups (broad SMARTS) is 1. The molecule has 0 atom stereocenters. The van der Waals surface area contributed by atoms with E-state index in [1.807, 2.05) is 23.0 Å². The van der Waals surface area contributed by atoms with Gasteiger partial charge in [-0.2, -0.15) is 5.10 Å². The van der Waals surface area contributed by atoms with Gasteiger partial charge in [0, 0.05) is 18.3 Å². The Labute approximate surface area is 106 Å². The molecule has 0 saturated carbocycles. The van der Waals surface area contributed by atoms with Gasteiger partial charge in [-0.25, -0.2) is 4.79 Å². The fourth-order valence-corrected chi connectivity index (χ4v) is 1.87. The molecule has 1 aromatic heterocycles. The molecule has 4 nitrogen and oxygen atoms in total. The standard InChI is InChI=1S/C14H16N2O2/c1-2-3-8-16-10-11(9-15-16)12-6-4-5-7-13(12)14(17)18/h4-7,9-10H,2-3,8H2,1H3,(H,17,18). The summed E-state index contributed by atoms with van der Waals surface area (Å²) in [5.41, 5.74) is 1.88. The summed E-state index contributed by atoms with van der Waals surface area (Å²) in [5.74, 6) is -0.910. The van der Waals surface area contributed by atoms with Crippen molar-refractivity contribution in [1.29, 1.82) is 0 Å². The molecule has 1 heterocycles. The van der Waals surface area contributed by atoms with Gasteiger partial charge in [-0.3, -0.25) is 4.68 Å². The third-order valence-corrected chi connectivity index (χ3v) is 2.84. The van der Waals surface area contributed by atoms with Crippen LogP contribution in [0.3, 0.4) is 0 Å². The Kier molecular flexibility index (Phi) is 3.77. The van der Waals surface area contributed by atoms with Gasteiger partial charge in [0.05, 0.1) is 11.8 Å². The van der Waals surface area contributed by atoms with Crippen LogP contribution in [0.1, 0.15) is 30.1 Å². The number of aryl methyl sites for hydroxylation is 1. The van der Waals surface area contributed by atoms with Gasteiger partial charge >= 0.3 is 5.97 Å². The first kappa shape index (κ1) is 12.4. The molecule has 18 heavy (non-hydrogen) atoms. The lowest BCUT2D eigenvalue weighted by Gasteiger charge is -2.02. The van der Waals surface area contributed by atoms with Crippen LogP contribution in [-0.2, 0) is 6.54 Å². The third kappa shape index (κ3) is 2.59. The van der Waals surface area contributed by atoms with E-state index < -0.39 is 5.97 Å². The zero-order valence-corrected chi connectivity index (χ0v) is 10.3. The molecule has 0 unspecified atom stereocenters. The highest BCUT2D eigenvalue weighted by Crippen LogP contribution is 2.23. The van der Waals surface area contributed by atoms with Crippen LogP contribution in [0.2, 0.25) is 0 Å². The maximum Gasteiger partial charge on any atom is 0.336 e. The van der Waals surface area contributed by atoms with Crippen LogP contribution in [0.5, 0.6) is 0 Å². The maximum absolute atomic E-state index is 11.1. The van der Waals surface area contributed by atoms with Crippen molar-refractivity contribution < 1.29 is 9.90 Å². The number of benzene rings is 1. The minimum atomic E-state index is -0.910. The number of aromatic carboxylic acids is 1. The van der Waals surface area contributed by atoms with Gasteiger partial charge in [-0.05, 0) is 18.1 Å². The summed E-state index contributed by atoms with van der Waals surface area (Å²) in [6, 6.07) is 6.99. The largest absolute Gasteiger partial charge is 0.478 e. The lowest BCUT2D eigenvalue weighted by molar-refractivity contribution is 0.0697. The van der Waals surface area contributed by atoms with E-state index in [9.17, 15) is 4.79 Å². The van der Waals surface area contributed by atoms with E-state index in [2.05, 4.69) is 12.0 Å². The third-order valence-electron chi connectivity index (χ3n) is 2.84. The van der Waals surface area contributed by atoms with Gasteiger partial charge in [0.1, 0.15) is 0 Å². The molecule has 0 aliphatic heterocycles. The van der Waals surface area contributed by atoms with E-state index >= 15 is 0 Å². The van der Waals surface area contributed by atoms with E-state index in [1.165, 1.54) is 0 Å². The van der Waals surface area contributed by atoms with Crippen molar-refractivity contribution in [2.24, 2.45) is 0 Å². The molecule has 0 fully saturated rings. The average molecular weight is 244 g/mol. The van der Waals surface area contributed by atoms with Gasteiger partial charge < -0.3 is 5.11 Å². The second-order valence-electron chi connectivity index (χ2n) is 4.20. The van der Waals surface area contributed by atoms with Crippen LogP contribution in [-0.4, -0.2) is 20.9 Å². The van der Waals surface area contributed by atoms with Gasteiger partial charge in [-0.1, -0.05) is 31.5 Å². The van der Waals surface area contributed by atoms with E-state index in [-0.39, 0.29) is 0 Å². The molecule has 0 radical (unpaired) electrons. The van der Waals surface area contributed by atoms with Crippen molar-refractivity contribution in [1.82, 2.24) is 9.78 Å². The molecule has 2 aromatic rings. The van der Waals surface area contributed by atoms with Crippen molar-refractivity contribution in [2.75, 3.05) is 0 Å². The number of rotatable bonds is 5. The molecule has 1 aromatic carbocycles. The lowest BCUT2D eigenvalue weighted by atomic mass is 10.0. The van der Waals surface area contributed by atoms with E-state index in [0.717, 1.165) is 24.9 Å². The molecule has 0 amide bonds. The number of hydrogen-bond donors (Lipinski definition) is 1. The van der Waals surface area contributed by atoms with Crippen LogP contribution in [0.25, 0.3) is 11.1 Å². The van der Waals surface area contributed by atoms with Gasteiger partial charge in [0.25, 0.3) is 0 Å². The Morgan fingerprint density at radius 2 is 2.17 bits per heavy atom. The second kappa shape index (κ2) is 5.49. The second-order valence-corrected chi connectivity index (χ2v) is 4.20. The molecule has 1 N–H and O–H groups in total. The fraction of sp³-hybridized carbons (Fsp3) is 0.286. The summed E-state index contributed by atoms with van der Waals surface area (Å²) in [6.07, 6.45) is 5.80. The van der Waals surface area contributed by atoms with Crippen LogP contribution in [0.4, 0.5) is 0 Å². The number of unbranched alkanes of at least 4 members (excludes halogenated alkanes) is 1. The Morgan fingerprint density at radius 3 is 2.89 bits per heavy atom. The summed E-state index contributed by atoms with van der Waals surface area (Å²) in [5, 5.41) is 13.4. The monoisotopic (exact) mass is 244 g/mol. The summed E-state index contributed by atoms with van der Waals surface area (Å²) in [6.45, 7) is 3.00. The first-order valence-corrected chi connectivity index (χ1v) is 6.07. The van der Waals surface area contributed by atoms with Gasteiger partial charge in [0.15, 0.2) is 0 Å². The van der Waals surface area contributed by atoms with Crippen molar-refractivity contribution in [3.05, 3.63) is 42.2 Å². The Bertz CT molecular complexity index is 546. The minimum absolute atomic E-state index is 0.313. The summed E-state index contributed by atoms with van der Waals surface area (Å²) >= 11 is 0. The molecule has 0 spiro atoms.